The summed E-state index contributed by atoms with van der Waals surface area (Å²) in [5.74, 6) is -3.34. The average Bonchev–Trinajstić information content (AvgIpc) is 2.95. The number of para-hydroxylation sites is 2. The predicted molar refractivity (Wildman–Crippen MR) is 141 cm³/mol. The number of rotatable bonds is 11. The van der Waals surface area contributed by atoms with E-state index in [4.69, 9.17) is 15.0 Å². The van der Waals surface area contributed by atoms with Crippen molar-refractivity contribution in [1.82, 2.24) is 19.9 Å². The minimum absolute atomic E-state index is 0.148. The van der Waals surface area contributed by atoms with Gasteiger partial charge in [0.05, 0.1) is 23.5 Å². The summed E-state index contributed by atoms with van der Waals surface area (Å²) in [5, 5.41) is 29.7. The Morgan fingerprint density at radius 1 is 0.974 bits per heavy atom. The molecule has 4 N–H and O–H groups in total. The van der Waals surface area contributed by atoms with Crippen molar-refractivity contribution in [3.63, 3.8) is 0 Å². The maximum absolute atomic E-state index is 13.5. The zero-order valence-electron chi connectivity index (χ0n) is 24.7. The number of ether oxygens (including phenoxy) is 2. The van der Waals surface area contributed by atoms with E-state index in [9.17, 15) is 23.7 Å². The molecule has 0 saturated carbocycles. The summed E-state index contributed by atoms with van der Waals surface area (Å²) in [6.45, 7) is -3.63. The molecule has 4 rings (SSSR count). The molecule has 0 amide bonds. The summed E-state index contributed by atoms with van der Waals surface area (Å²) < 4.78 is 71.0. The van der Waals surface area contributed by atoms with Crippen molar-refractivity contribution in [3.05, 3.63) is 72.6 Å². The molecule has 0 aliphatic rings. The first-order chi connectivity index (χ1) is 20.0. The quantitative estimate of drug-likeness (QED) is 0.213. The summed E-state index contributed by atoms with van der Waals surface area (Å²) in [7, 11) is -4.45. The second-order valence-electron chi connectivity index (χ2n) is 8.66. The highest BCUT2D eigenvalue weighted by atomic mass is 32.2. The Hall–Kier alpha value is -4.33. The van der Waals surface area contributed by atoms with Crippen LogP contribution in [0.5, 0.6) is 23.1 Å². The number of hydrogen-bond donors (Lipinski definition) is 4. The number of benzene rings is 2. The van der Waals surface area contributed by atoms with E-state index in [0.717, 1.165) is 0 Å². The van der Waals surface area contributed by atoms with Gasteiger partial charge in [0.2, 0.25) is 11.6 Å². The molecule has 12 nitrogen and oxygen atoms in total. The second-order valence-corrected chi connectivity index (χ2v) is 10.3. The molecule has 0 saturated heterocycles. The van der Waals surface area contributed by atoms with Crippen molar-refractivity contribution in [1.29, 1.82) is 0 Å². The van der Waals surface area contributed by atoms with Gasteiger partial charge in [-0.15, -0.1) is 0 Å². The van der Waals surface area contributed by atoms with Gasteiger partial charge < -0.3 is 24.8 Å². The Bertz CT molecular complexity index is 1710. The highest BCUT2D eigenvalue weighted by molar-refractivity contribution is 7.92. The fraction of sp³-hybridized carbons (Fsp3) is 0.231. The van der Waals surface area contributed by atoms with Crippen LogP contribution in [0, 0.1) is 0 Å². The van der Waals surface area contributed by atoms with E-state index < -0.39 is 51.8 Å². The zero-order valence-corrected chi connectivity index (χ0v) is 21.5. The Kier molecular flexibility index (Phi) is 6.73. The number of aliphatic hydroxyl groups excluding tert-OH is 1. The molecular weight excluding hydrogens is 526 g/mol. The van der Waals surface area contributed by atoms with Gasteiger partial charge in [-0.2, -0.15) is 4.98 Å². The number of sulfonamides is 1. The summed E-state index contributed by atoms with van der Waals surface area (Å²) in [6, 6.07) is 12.7. The first-order valence-electron chi connectivity index (χ1n) is 13.3. The van der Waals surface area contributed by atoms with Crippen LogP contribution in [0.25, 0.3) is 11.6 Å². The largest absolute Gasteiger partial charge is 0.504 e. The van der Waals surface area contributed by atoms with Gasteiger partial charge in [0.1, 0.15) is 6.56 Å². The maximum atomic E-state index is 13.5. The van der Waals surface area contributed by atoms with Crippen LogP contribution in [0.2, 0.25) is 0 Å². The molecule has 2 aromatic heterocycles. The smallest absolute Gasteiger partial charge is 0.263 e. The SMILES string of the molecule is [2H]C([2H])(O)C([2H])([2H])Oc1nc(-c2ncccn2)nc(NS(=O)(=O)c2ccc(C(C)(C)CO)cc2)c1Oc1ccccc1O. The minimum atomic E-state index is -4.45. The van der Waals surface area contributed by atoms with E-state index >= 15 is 0 Å². The molecule has 204 valence electrons. The molecule has 0 spiro atoms. The Morgan fingerprint density at radius 3 is 2.31 bits per heavy atom. The van der Waals surface area contributed by atoms with Crippen LogP contribution >= 0.6 is 0 Å². The molecule has 0 bridgehead atoms. The average molecular weight is 558 g/mol. The van der Waals surface area contributed by atoms with Gasteiger partial charge in [0, 0.05) is 17.8 Å². The molecule has 13 heteroatoms. The molecule has 39 heavy (non-hydrogen) atoms. The number of aliphatic hydroxyl groups is 2. The van der Waals surface area contributed by atoms with Crippen molar-refractivity contribution >= 4 is 15.8 Å². The van der Waals surface area contributed by atoms with Crippen molar-refractivity contribution < 1.29 is 38.7 Å². The normalized spacial score (nSPS) is 13.9. The molecule has 0 radical (unpaired) electrons. The monoisotopic (exact) mass is 557 g/mol. The molecule has 2 heterocycles. The van der Waals surface area contributed by atoms with E-state index in [1.807, 2.05) is 0 Å². The molecular formula is C26H27N5O7S. The van der Waals surface area contributed by atoms with Crippen molar-refractivity contribution in [3.8, 4) is 34.8 Å². The van der Waals surface area contributed by atoms with Gasteiger partial charge in [0.15, 0.2) is 23.1 Å². The molecule has 0 aliphatic heterocycles. The number of aromatic hydroxyl groups is 1. The van der Waals surface area contributed by atoms with Gasteiger partial charge in [0.25, 0.3) is 15.9 Å². The molecule has 4 aromatic rings. The highest BCUT2D eigenvalue weighted by Crippen LogP contribution is 2.41. The summed E-state index contributed by atoms with van der Waals surface area (Å²) in [5.41, 5.74) is 0.0217. The zero-order chi connectivity index (χ0) is 31.6. The van der Waals surface area contributed by atoms with Crippen LogP contribution in [0.3, 0.4) is 0 Å². The van der Waals surface area contributed by atoms with Crippen LogP contribution in [-0.4, -0.2) is 63.4 Å². The Labute approximate surface area is 230 Å². The number of aromatic nitrogens is 4. The second kappa shape index (κ2) is 11.6. The van der Waals surface area contributed by atoms with Crippen LogP contribution in [0.15, 0.2) is 71.9 Å². The molecule has 2 aromatic carbocycles. The van der Waals surface area contributed by atoms with Gasteiger partial charge in [-0.1, -0.05) is 38.1 Å². The van der Waals surface area contributed by atoms with Gasteiger partial charge in [-0.25, -0.2) is 23.4 Å². The number of hydrogen-bond acceptors (Lipinski definition) is 11. The standard InChI is InChI=1S/C26H27N5O7S/c1-26(2,16-33)17-8-10-18(11-9-17)39(35,36)31-22-21(38-20-7-4-3-6-19(20)34)25(37-15-14-32)30-24(29-22)23-27-12-5-13-28-23/h3-13,32-34H,14-16H2,1-2H3,(H,29,30,31)/i14D2,15D2. The maximum Gasteiger partial charge on any atom is 0.263 e. The van der Waals surface area contributed by atoms with E-state index in [-0.39, 0.29) is 28.9 Å². The third-order valence-corrected chi connectivity index (χ3v) is 6.80. The first kappa shape index (κ1) is 22.6. The fourth-order valence-electron chi connectivity index (χ4n) is 3.26. The van der Waals surface area contributed by atoms with Gasteiger partial charge in [-0.05, 0) is 35.9 Å². The lowest BCUT2D eigenvalue weighted by molar-refractivity contribution is 0.192. The van der Waals surface area contributed by atoms with Gasteiger partial charge >= 0.3 is 0 Å². The van der Waals surface area contributed by atoms with E-state index in [1.165, 1.54) is 67.0 Å². The Balaban J connectivity index is 1.91. The number of phenolic OH excluding ortho intramolecular Hbond substituents is 1. The van der Waals surface area contributed by atoms with E-state index in [0.29, 0.717) is 5.56 Å². The third kappa shape index (κ3) is 6.39. The lowest BCUT2D eigenvalue weighted by atomic mass is 9.86. The summed E-state index contributed by atoms with van der Waals surface area (Å²) in [6.07, 6.45) is 2.67. The predicted octanol–water partition coefficient (Wildman–Crippen LogP) is 2.87. The van der Waals surface area contributed by atoms with Crippen LogP contribution in [-0.2, 0) is 15.4 Å². The number of nitrogens with zero attached hydrogens (tertiary/aromatic N) is 4. The van der Waals surface area contributed by atoms with E-state index in [2.05, 4.69) is 24.7 Å². The van der Waals surface area contributed by atoms with Crippen molar-refractivity contribution in [2.24, 2.45) is 0 Å². The summed E-state index contributed by atoms with van der Waals surface area (Å²) >= 11 is 0. The van der Waals surface area contributed by atoms with Crippen molar-refractivity contribution in [2.45, 2.75) is 24.2 Å². The lowest BCUT2D eigenvalue weighted by Gasteiger charge is -2.22. The number of phenols is 1. The molecule has 0 atom stereocenters. The summed E-state index contributed by atoms with van der Waals surface area (Å²) in [4.78, 5) is 16.0. The number of nitrogens with one attached hydrogen (secondary N) is 1. The fourth-order valence-corrected chi connectivity index (χ4v) is 4.27. The van der Waals surface area contributed by atoms with Crippen LogP contribution < -0.4 is 14.2 Å². The number of anilines is 1. The Morgan fingerprint density at radius 2 is 1.67 bits per heavy atom. The molecule has 0 aliphatic carbocycles. The van der Waals surface area contributed by atoms with Gasteiger partial charge in [-0.3, -0.25) is 4.72 Å². The molecule has 0 fully saturated rings. The topological polar surface area (TPSA) is 177 Å². The minimum Gasteiger partial charge on any atom is -0.504 e. The molecule has 0 unspecified atom stereocenters. The highest BCUT2D eigenvalue weighted by Gasteiger charge is 2.26. The third-order valence-electron chi connectivity index (χ3n) is 5.44. The first-order valence-corrected chi connectivity index (χ1v) is 12.8. The van der Waals surface area contributed by atoms with Crippen LogP contribution in [0.4, 0.5) is 5.82 Å². The van der Waals surface area contributed by atoms with E-state index in [1.54, 1.807) is 13.8 Å². The lowest BCUT2D eigenvalue weighted by Crippen LogP contribution is -2.22. The van der Waals surface area contributed by atoms with Crippen molar-refractivity contribution in [2.75, 3.05) is 24.4 Å². The van der Waals surface area contributed by atoms with Crippen LogP contribution in [0.1, 0.15) is 24.9 Å².